The van der Waals surface area contributed by atoms with Crippen molar-refractivity contribution in [1.82, 2.24) is 3.71 Å². The highest BCUT2D eigenvalue weighted by atomic mass is 32.2. The molecule has 1 unspecified atom stereocenters. The van der Waals surface area contributed by atoms with Crippen molar-refractivity contribution in [2.75, 3.05) is 19.5 Å². The van der Waals surface area contributed by atoms with E-state index in [9.17, 15) is 4.79 Å². The molecular formula is C9H17NO2S3. The van der Waals surface area contributed by atoms with E-state index in [0.717, 1.165) is 32.5 Å². The average molecular weight is 267 g/mol. The molecular weight excluding hydrogens is 250 g/mol. The molecule has 3 nitrogen and oxygen atoms in total. The molecule has 1 fully saturated rings. The lowest BCUT2D eigenvalue weighted by atomic mass is 9.93. The average Bonchev–Trinajstić information content (AvgIpc) is 2.26. The summed E-state index contributed by atoms with van der Waals surface area (Å²) in [5.41, 5.74) is 0. The minimum absolute atomic E-state index is 0.106. The Morgan fingerprint density at radius 3 is 2.67 bits per heavy atom. The van der Waals surface area contributed by atoms with Gasteiger partial charge in [-0.15, -0.1) is 12.6 Å². The highest BCUT2D eigenvalue weighted by molar-refractivity contribution is 8.05. The van der Waals surface area contributed by atoms with Crippen LogP contribution >= 0.6 is 37.4 Å². The van der Waals surface area contributed by atoms with E-state index in [0.29, 0.717) is 5.92 Å². The van der Waals surface area contributed by atoms with Crippen LogP contribution in [-0.4, -0.2) is 34.3 Å². The van der Waals surface area contributed by atoms with Gasteiger partial charge in [0.1, 0.15) is 6.04 Å². The number of thiol groups is 2. The van der Waals surface area contributed by atoms with E-state index < -0.39 is 0 Å². The lowest BCUT2D eigenvalue weighted by molar-refractivity contribution is -0.113. The molecule has 0 spiro atoms. The Morgan fingerprint density at radius 1 is 1.60 bits per heavy atom. The summed E-state index contributed by atoms with van der Waals surface area (Å²) in [4.78, 5) is 11.3. The van der Waals surface area contributed by atoms with Gasteiger partial charge in [0.15, 0.2) is 0 Å². The highest BCUT2D eigenvalue weighted by Crippen LogP contribution is 2.27. The molecule has 1 aliphatic heterocycles. The standard InChI is InChI=1S/C9H17NO2S3/c1-15-10(14)8(9(11)13)6-7-2-4-12-5-3-7/h7-8,14H,2-6H2,1H3,(H,11,13). The minimum atomic E-state index is -0.199. The third-order valence-corrected chi connectivity index (χ3v) is 4.33. The van der Waals surface area contributed by atoms with Crippen molar-refractivity contribution in [1.29, 1.82) is 0 Å². The first-order valence-corrected chi connectivity index (χ1v) is 7.00. The Balaban J connectivity index is 2.45. The monoisotopic (exact) mass is 267 g/mol. The largest absolute Gasteiger partial charge is 0.381 e. The summed E-state index contributed by atoms with van der Waals surface area (Å²) in [6.07, 6.45) is 4.80. The molecule has 88 valence electrons. The second-order valence-electron chi connectivity index (χ2n) is 3.63. The molecule has 1 rings (SSSR count). The maximum atomic E-state index is 11.3. The summed E-state index contributed by atoms with van der Waals surface area (Å²) in [6, 6.07) is -0.199. The number of ether oxygens (including phenoxy) is 1. The smallest absolute Gasteiger partial charge is 0.204 e. The topological polar surface area (TPSA) is 29.5 Å². The van der Waals surface area contributed by atoms with Crippen molar-refractivity contribution in [3.05, 3.63) is 0 Å². The number of rotatable bonds is 5. The van der Waals surface area contributed by atoms with Gasteiger partial charge >= 0.3 is 0 Å². The zero-order valence-corrected chi connectivity index (χ0v) is 11.4. The number of nitrogens with zero attached hydrogens (tertiary/aromatic N) is 1. The van der Waals surface area contributed by atoms with Gasteiger partial charge in [-0.25, -0.2) is 0 Å². The van der Waals surface area contributed by atoms with Crippen LogP contribution < -0.4 is 0 Å². The van der Waals surface area contributed by atoms with Gasteiger partial charge in [0.05, 0.1) is 0 Å². The Morgan fingerprint density at radius 2 is 2.20 bits per heavy atom. The van der Waals surface area contributed by atoms with Crippen LogP contribution in [0, 0.1) is 5.92 Å². The second kappa shape index (κ2) is 7.06. The fraction of sp³-hybridized carbons (Fsp3) is 0.889. The normalized spacial score (nSPS) is 20.5. The first-order valence-electron chi connectivity index (χ1n) is 4.98. The molecule has 0 N–H and O–H groups in total. The van der Waals surface area contributed by atoms with E-state index >= 15 is 0 Å². The van der Waals surface area contributed by atoms with E-state index in [4.69, 9.17) is 4.74 Å². The molecule has 1 heterocycles. The first-order chi connectivity index (χ1) is 7.15. The quantitative estimate of drug-likeness (QED) is 0.589. The van der Waals surface area contributed by atoms with E-state index in [-0.39, 0.29) is 11.2 Å². The zero-order chi connectivity index (χ0) is 11.3. The second-order valence-corrected chi connectivity index (χ2v) is 5.53. The Hall–Kier alpha value is 0.640. The number of hydrogen-bond acceptors (Lipinski definition) is 5. The van der Waals surface area contributed by atoms with E-state index in [1.165, 1.54) is 11.9 Å². The third-order valence-electron chi connectivity index (χ3n) is 2.64. The molecule has 0 aliphatic carbocycles. The van der Waals surface area contributed by atoms with Crippen LogP contribution in [0.3, 0.4) is 0 Å². The first kappa shape index (κ1) is 13.7. The molecule has 0 aromatic carbocycles. The van der Waals surface area contributed by atoms with Crippen molar-refractivity contribution in [3.8, 4) is 0 Å². The maximum Gasteiger partial charge on any atom is 0.204 e. The lowest BCUT2D eigenvalue weighted by Gasteiger charge is -2.28. The molecule has 0 aromatic rings. The van der Waals surface area contributed by atoms with Crippen molar-refractivity contribution in [2.24, 2.45) is 5.92 Å². The molecule has 1 atom stereocenters. The Labute approximate surface area is 106 Å². The van der Waals surface area contributed by atoms with Crippen LogP contribution in [-0.2, 0) is 9.53 Å². The predicted molar refractivity (Wildman–Crippen MR) is 70.3 cm³/mol. The van der Waals surface area contributed by atoms with Crippen molar-refractivity contribution in [2.45, 2.75) is 25.3 Å². The number of hydrogen-bond donors (Lipinski definition) is 2. The Kier molecular flexibility index (Phi) is 6.45. The van der Waals surface area contributed by atoms with Gasteiger partial charge in [-0.05, 0) is 31.4 Å². The summed E-state index contributed by atoms with van der Waals surface area (Å²) in [5.74, 6) is 0.557. The fourth-order valence-corrected chi connectivity index (χ4v) is 2.74. The van der Waals surface area contributed by atoms with Crippen LogP contribution in [0.1, 0.15) is 19.3 Å². The van der Waals surface area contributed by atoms with Crippen LogP contribution in [0.15, 0.2) is 0 Å². The number of carbonyl (C=O) groups excluding carboxylic acids is 1. The summed E-state index contributed by atoms with van der Waals surface area (Å²) in [7, 11) is 0. The molecule has 1 aliphatic rings. The van der Waals surface area contributed by atoms with E-state index in [1.54, 1.807) is 3.71 Å². The van der Waals surface area contributed by atoms with Gasteiger partial charge in [0.25, 0.3) is 0 Å². The molecule has 1 saturated heterocycles. The van der Waals surface area contributed by atoms with Gasteiger partial charge in [0.2, 0.25) is 5.12 Å². The van der Waals surface area contributed by atoms with E-state index in [2.05, 4.69) is 25.4 Å². The van der Waals surface area contributed by atoms with E-state index in [1.807, 2.05) is 6.26 Å². The molecule has 0 amide bonds. The van der Waals surface area contributed by atoms with Crippen molar-refractivity contribution < 1.29 is 9.53 Å². The SMILES string of the molecule is CSN(S)C(CC1CCOCC1)C(=O)S. The zero-order valence-electron chi connectivity index (χ0n) is 8.76. The molecule has 0 saturated carbocycles. The van der Waals surface area contributed by atoms with Crippen molar-refractivity contribution >= 4 is 42.5 Å². The van der Waals surface area contributed by atoms with Crippen LogP contribution in [0.5, 0.6) is 0 Å². The summed E-state index contributed by atoms with van der Waals surface area (Å²) in [5, 5.41) is -0.106. The van der Waals surface area contributed by atoms with Crippen LogP contribution in [0.2, 0.25) is 0 Å². The predicted octanol–water partition coefficient (Wildman–Crippen LogP) is 2.05. The molecule has 0 aromatic heterocycles. The fourth-order valence-electron chi connectivity index (χ4n) is 1.71. The van der Waals surface area contributed by atoms with Gasteiger partial charge in [-0.1, -0.05) is 24.8 Å². The van der Waals surface area contributed by atoms with Crippen molar-refractivity contribution in [3.63, 3.8) is 0 Å². The van der Waals surface area contributed by atoms with Crippen LogP contribution in [0.25, 0.3) is 0 Å². The lowest BCUT2D eigenvalue weighted by Crippen LogP contribution is -2.32. The van der Waals surface area contributed by atoms with Crippen LogP contribution in [0.4, 0.5) is 0 Å². The van der Waals surface area contributed by atoms with Gasteiger partial charge < -0.3 is 4.74 Å². The van der Waals surface area contributed by atoms with Gasteiger partial charge in [0, 0.05) is 13.2 Å². The Bertz CT molecular complexity index is 210. The molecule has 0 bridgehead atoms. The third kappa shape index (κ3) is 4.56. The number of carbonyl (C=O) groups is 1. The van der Waals surface area contributed by atoms with Gasteiger partial charge in [-0.3, -0.25) is 4.79 Å². The summed E-state index contributed by atoms with van der Waals surface area (Å²) in [6.45, 7) is 1.62. The maximum absolute atomic E-state index is 11.3. The molecule has 0 radical (unpaired) electrons. The van der Waals surface area contributed by atoms with Gasteiger partial charge in [-0.2, -0.15) is 3.71 Å². The highest BCUT2D eigenvalue weighted by Gasteiger charge is 2.26. The summed E-state index contributed by atoms with van der Waals surface area (Å²) < 4.78 is 6.97. The summed E-state index contributed by atoms with van der Waals surface area (Å²) >= 11 is 9.62. The molecule has 15 heavy (non-hydrogen) atoms. The minimum Gasteiger partial charge on any atom is -0.381 e. The molecule has 6 heteroatoms.